The smallest absolute Gasteiger partial charge is 0.344 e. The lowest BCUT2D eigenvalue weighted by Gasteiger charge is -2.18. The van der Waals surface area contributed by atoms with Gasteiger partial charge in [0.15, 0.2) is 0 Å². The number of H-pyrrole nitrogens is 1. The largest absolute Gasteiger partial charge is 0.446 e. The summed E-state index contributed by atoms with van der Waals surface area (Å²) < 4.78 is 51.1. The Hall–Kier alpha value is -2.36. The molecule has 1 heterocycles. The van der Waals surface area contributed by atoms with Crippen LogP contribution in [0.15, 0.2) is 34.0 Å². The van der Waals surface area contributed by atoms with E-state index in [1.807, 2.05) is 0 Å². The molecule has 0 aliphatic rings. The number of halogens is 4. The standard InChI is InChI=1S/C16H15F4N3O2S/c1-3-11(23-15(25)12-7-14(24)22-8(2)21-12)9-4-5-13(10(17)6-9)26-16(18,19)20/h4-7,11H,3H2,1-2H3,(H,23,25)(H,21,22,24)/t11-/m1/s1. The highest BCUT2D eigenvalue weighted by atomic mass is 32.2. The average Bonchev–Trinajstić information content (AvgIpc) is 2.52. The molecule has 1 atom stereocenters. The van der Waals surface area contributed by atoms with E-state index in [0.717, 1.165) is 18.2 Å². The van der Waals surface area contributed by atoms with Gasteiger partial charge in [0.05, 0.1) is 10.9 Å². The molecule has 0 radical (unpaired) electrons. The van der Waals surface area contributed by atoms with Crippen molar-refractivity contribution in [3.8, 4) is 0 Å². The van der Waals surface area contributed by atoms with E-state index < -0.39 is 45.5 Å². The molecular formula is C16H15F4N3O2S. The number of carbonyl (C=O) groups excluding carboxylic acids is 1. The fourth-order valence-electron chi connectivity index (χ4n) is 2.29. The molecule has 0 saturated heterocycles. The maximum atomic E-state index is 14.0. The third-order valence-electron chi connectivity index (χ3n) is 3.39. The summed E-state index contributed by atoms with van der Waals surface area (Å²) in [6.45, 7) is 3.24. The van der Waals surface area contributed by atoms with E-state index >= 15 is 0 Å². The number of benzene rings is 1. The number of aromatic nitrogens is 2. The van der Waals surface area contributed by atoms with Gasteiger partial charge in [0, 0.05) is 6.07 Å². The van der Waals surface area contributed by atoms with Gasteiger partial charge >= 0.3 is 5.51 Å². The Morgan fingerprint density at radius 3 is 2.58 bits per heavy atom. The van der Waals surface area contributed by atoms with Gasteiger partial charge in [0.2, 0.25) is 0 Å². The second-order valence-electron chi connectivity index (χ2n) is 5.39. The molecule has 5 nitrogen and oxygen atoms in total. The summed E-state index contributed by atoms with van der Waals surface area (Å²) in [5.41, 5.74) is -4.87. The van der Waals surface area contributed by atoms with E-state index in [4.69, 9.17) is 0 Å². The zero-order valence-electron chi connectivity index (χ0n) is 13.8. The van der Waals surface area contributed by atoms with Crippen LogP contribution in [0.3, 0.4) is 0 Å². The quantitative estimate of drug-likeness (QED) is 0.604. The lowest BCUT2D eigenvalue weighted by atomic mass is 10.0. The molecule has 2 aromatic rings. The third-order valence-corrected chi connectivity index (χ3v) is 4.17. The molecule has 0 fully saturated rings. The fraction of sp³-hybridized carbons (Fsp3) is 0.312. The number of nitrogens with zero attached hydrogens (tertiary/aromatic N) is 1. The van der Waals surface area contributed by atoms with Crippen molar-refractivity contribution in [3.05, 3.63) is 57.5 Å². The predicted molar refractivity (Wildman–Crippen MR) is 88.4 cm³/mol. The van der Waals surface area contributed by atoms with Crippen molar-refractivity contribution in [2.24, 2.45) is 0 Å². The number of carbonyl (C=O) groups is 1. The number of nitrogens with one attached hydrogen (secondary N) is 2. The van der Waals surface area contributed by atoms with Crippen LogP contribution in [0.25, 0.3) is 0 Å². The molecule has 2 N–H and O–H groups in total. The number of amides is 1. The predicted octanol–water partition coefficient (Wildman–Crippen LogP) is 3.71. The number of rotatable bonds is 5. The monoisotopic (exact) mass is 389 g/mol. The van der Waals surface area contributed by atoms with E-state index in [1.165, 1.54) is 13.0 Å². The van der Waals surface area contributed by atoms with Gasteiger partial charge in [0.1, 0.15) is 17.3 Å². The second-order valence-corrected chi connectivity index (χ2v) is 6.49. The Morgan fingerprint density at radius 2 is 2.04 bits per heavy atom. The number of aromatic amines is 1. The van der Waals surface area contributed by atoms with E-state index in [9.17, 15) is 27.2 Å². The van der Waals surface area contributed by atoms with Gasteiger partial charge < -0.3 is 10.3 Å². The van der Waals surface area contributed by atoms with Gasteiger partial charge in [-0.15, -0.1) is 0 Å². The Morgan fingerprint density at radius 1 is 1.35 bits per heavy atom. The topological polar surface area (TPSA) is 74.8 Å². The van der Waals surface area contributed by atoms with Crippen LogP contribution in [0.1, 0.15) is 41.3 Å². The molecule has 2 rings (SSSR count). The Bertz CT molecular complexity index is 867. The van der Waals surface area contributed by atoms with Crippen molar-refractivity contribution >= 4 is 17.7 Å². The zero-order valence-corrected chi connectivity index (χ0v) is 14.6. The molecule has 1 aromatic carbocycles. The van der Waals surface area contributed by atoms with Gasteiger partial charge in [-0.2, -0.15) is 13.2 Å². The van der Waals surface area contributed by atoms with Crippen molar-refractivity contribution in [2.45, 2.75) is 36.7 Å². The van der Waals surface area contributed by atoms with Crippen LogP contribution in [-0.2, 0) is 0 Å². The summed E-state index contributed by atoms with van der Waals surface area (Å²) in [6, 6.07) is 3.68. The number of aryl methyl sites for hydroxylation is 1. The molecule has 1 aromatic heterocycles. The summed E-state index contributed by atoms with van der Waals surface area (Å²) in [6.07, 6.45) is 0.360. The number of hydrogen-bond donors (Lipinski definition) is 2. The van der Waals surface area contributed by atoms with Crippen LogP contribution < -0.4 is 10.9 Å². The van der Waals surface area contributed by atoms with Gasteiger partial charge in [-0.25, -0.2) is 9.37 Å². The number of hydrogen-bond acceptors (Lipinski definition) is 4. The van der Waals surface area contributed by atoms with Gasteiger partial charge in [0.25, 0.3) is 11.5 Å². The van der Waals surface area contributed by atoms with Gasteiger partial charge in [-0.05, 0) is 42.8 Å². The molecule has 10 heteroatoms. The SMILES string of the molecule is CC[C@@H](NC(=O)c1cc(=O)[nH]c(C)n1)c1ccc(SC(F)(F)F)c(F)c1. The summed E-state index contributed by atoms with van der Waals surface area (Å²) in [5, 5.41) is 2.60. The summed E-state index contributed by atoms with van der Waals surface area (Å²) in [4.78, 5) is 29.5. The van der Waals surface area contributed by atoms with Crippen LogP contribution in [0.5, 0.6) is 0 Å². The van der Waals surface area contributed by atoms with E-state index in [0.29, 0.717) is 12.0 Å². The highest BCUT2D eigenvalue weighted by Gasteiger charge is 2.31. The summed E-state index contributed by atoms with van der Waals surface area (Å²) in [5.74, 6) is -1.40. The molecule has 0 unspecified atom stereocenters. The minimum Gasteiger partial charge on any atom is -0.344 e. The zero-order chi connectivity index (χ0) is 19.5. The highest BCUT2D eigenvalue weighted by molar-refractivity contribution is 8.00. The lowest BCUT2D eigenvalue weighted by molar-refractivity contribution is -0.0329. The first-order valence-corrected chi connectivity index (χ1v) is 8.34. The van der Waals surface area contributed by atoms with E-state index in [1.54, 1.807) is 6.92 Å². The second kappa shape index (κ2) is 7.90. The number of alkyl halides is 3. The molecule has 0 aliphatic heterocycles. The van der Waals surface area contributed by atoms with Gasteiger partial charge in [-0.1, -0.05) is 13.0 Å². The summed E-state index contributed by atoms with van der Waals surface area (Å²) in [7, 11) is 0. The molecule has 1 amide bonds. The molecule has 0 spiro atoms. The van der Waals surface area contributed by atoms with Gasteiger partial charge in [-0.3, -0.25) is 9.59 Å². The summed E-state index contributed by atoms with van der Waals surface area (Å²) >= 11 is -0.541. The van der Waals surface area contributed by atoms with Crippen LogP contribution in [-0.4, -0.2) is 21.4 Å². The van der Waals surface area contributed by atoms with Crippen molar-refractivity contribution in [1.82, 2.24) is 15.3 Å². The normalized spacial score (nSPS) is 12.7. The van der Waals surface area contributed by atoms with Crippen LogP contribution in [0, 0.1) is 12.7 Å². The van der Waals surface area contributed by atoms with Crippen molar-refractivity contribution in [3.63, 3.8) is 0 Å². The van der Waals surface area contributed by atoms with E-state index in [2.05, 4.69) is 15.3 Å². The first kappa shape index (κ1) is 20.0. The molecule has 0 bridgehead atoms. The first-order chi connectivity index (χ1) is 12.1. The Balaban J connectivity index is 2.21. The van der Waals surface area contributed by atoms with E-state index in [-0.39, 0.29) is 11.5 Å². The first-order valence-electron chi connectivity index (χ1n) is 7.53. The molecular weight excluding hydrogens is 374 g/mol. The maximum absolute atomic E-state index is 14.0. The fourth-order valence-corrected chi connectivity index (χ4v) is 2.83. The molecule has 140 valence electrons. The van der Waals surface area contributed by atoms with Crippen LogP contribution in [0.2, 0.25) is 0 Å². The Kier molecular flexibility index (Phi) is 6.06. The number of thioether (sulfide) groups is 1. The Labute approximate surface area is 150 Å². The molecule has 0 saturated carbocycles. The maximum Gasteiger partial charge on any atom is 0.446 e. The molecule has 26 heavy (non-hydrogen) atoms. The minimum absolute atomic E-state index is 0.102. The lowest BCUT2D eigenvalue weighted by Crippen LogP contribution is -2.30. The minimum atomic E-state index is -4.59. The molecule has 0 aliphatic carbocycles. The average molecular weight is 389 g/mol. The van der Waals surface area contributed by atoms with Crippen LogP contribution >= 0.6 is 11.8 Å². The van der Waals surface area contributed by atoms with Crippen LogP contribution in [0.4, 0.5) is 17.6 Å². The van der Waals surface area contributed by atoms with Crippen molar-refractivity contribution < 1.29 is 22.4 Å². The van der Waals surface area contributed by atoms with Crippen molar-refractivity contribution in [2.75, 3.05) is 0 Å². The third kappa shape index (κ3) is 5.32. The van der Waals surface area contributed by atoms with Crippen molar-refractivity contribution in [1.29, 1.82) is 0 Å². The highest BCUT2D eigenvalue weighted by Crippen LogP contribution is 2.38.